The minimum Gasteiger partial charge on any atom is -0.464 e. The van der Waals surface area contributed by atoms with Crippen molar-refractivity contribution in [1.29, 1.82) is 0 Å². The van der Waals surface area contributed by atoms with E-state index in [1.165, 1.54) is 7.11 Å². The summed E-state index contributed by atoms with van der Waals surface area (Å²) in [4.78, 5) is 23.0. The summed E-state index contributed by atoms with van der Waals surface area (Å²) < 4.78 is 6.43. The normalized spacial score (nSPS) is 17.6. The number of para-hydroxylation sites is 2. The monoisotopic (exact) mass is 338 g/mol. The Kier molecular flexibility index (Phi) is 4.01. The second-order valence-corrected chi connectivity index (χ2v) is 6.03. The summed E-state index contributed by atoms with van der Waals surface area (Å²) in [6, 6.07) is 7.97. The molecule has 0 saturated carbocycles. The van der Waals surface area contributed by atoms with Gasteiger partial charge in [0.2, 0.25) is 0 Å². The Morgan fingerprint density at radius 2 is 2.12 bits per heavy atom. The van der Waals surface area contributed by atoms with Crippen molar-refractivity contribution in [2.75, 3.05) is 25.1 Å². The third kappa shape index (κ3) is 3.02. The highest BCUT2D eigenvalue weighted by Crippen LogP contribution is 2.25. The van der Waals surface area contributed by atoms with Gasteiger partial charge in [-0.3, -0.25) is 4.98 Å². The van der Waals surface area contributed by atoms with E-state index in [2.05, 4.69) is 24.9 Å². The highest BCUT2D eigenvalue weighted by atomic mass is 16.5. The zero-order valence-corrected chi connectivity index (χ0v) is 13.9. The zero-order chi connectivity index (χ0) is 17.2. The molecule has 0 aliphatic carbocycles. The van der Waals surface area contributed by atoms with E-state index in [1.807, 2.05) is 30.5 Å². The van der Waals surface area contributed by atoms with Gasteiger partial charge >= 0.3 is 5.97 Å². The molecule has 128 valence electrons. The predicted molar refractivity (Wildman–Crippen MR) is 91.4 cm³/mol. The van der Waals surface area contributed by atoms with E-state index in [4.69, 9.17) is 4.98 Å². The Morgan fingerprint density at radius 3 is 2.96 bits per heavy atom. The van der Waals surface area contributed by atoms with Crippen molar-refractivity contribution in [3.05, 3.63) is 42.4 Å². The van der Waals surface area contributed by atoms with E-state index in [-0.39, 0.29) is 11.7 Å². The minimum atomic E-state index is -0.473. The molecule has 1 fully saturated rings. The van der Waals surface area contributed by atoms with Crippen LogP contribution in [0.1, 0.15) is 29.4 Å². The summed E-state index contributed by atoms with van der Waals surface area (Å²) in [5, 5.41) is 7.98. The molecule has 3 heterocycles. The molecule has 1 aromatic carbocycles. The van der Waals surface area contributed by atoms with Gasteiger partial charge in [0.25, 0.3) is 0 Å². The van der Waals surface area contributed by atoms with Gasteiger partial charge in [0.1, 0.15) is 5.82 Å². The molecular weight excluding hydrogens is 320 g/mol. The van der Waals surface area contributed by atoms with Crippen LogP contribution < -0.4 is 4.90 Å². The highest BCUT2D eigenvalue weighted by Gasteiger charge is 2.24. The van der Waals surface area contributed by atoms with Crippen LogP contribution in [0, 0.1) is 0 Å². The number of rotatable bonds is 3. The van der Waals surface area contributed by atoms with Crippen LogP contribution in [0.2, 0.25) is 0 Å². The maximum Gasteiger partial charge on any atom is 0.360 e. The molecule has 8 nitrogen and oxygen atoms in total. The Hall–Kier alpha value is -3.03. The van der Waals surface area contributed by atoms with E-state index < -0.39 is 5.97 Å². The highest BCUT2D eigenvalue weighted by molar-refractivity contribution is 5.86. The van der Waals surface area contributed by atoms with E-state index in [0.717, 1.165) is 42.8 Å². The molecule has 1 saturated heterocycles. The summed E-state index contributed by atoms with van der Waals surface area (Å²) in [6.45, 7) is 1.67. The lowest BCUT2D eigenvalue weighted by Gasteiger charge is -2.33. The number of hydrogen-bond donors (Lipinski definition) is 0. The zero-order valence-electron chi connectivity index (χ0n) is 13.9. The predicted octanol–water partition coefficient (Wildman–Crippen LogP) is 1.85. The van der Waals surface area contributed by atoms with Gasteiger partial charge < -0.3 is 9.64 Å². The summed E-state index contributed by atoms with van der Waals surface area (Å²) in [5.74, 6) is 0.385. The van der Waals surface area contributed by atoms with Crippen molar-refractivity contribution in [2.45, 2.75) is 18.9 Å². The van der Waals surface area contributed by atoms with Crippen LogP contribution >= 0.6 is 0 Å². The first-order chi connectivity index (χ1) is 12.2. The third-order valence-electron chi connectivity index (χ3n) is 4.44. The summed E-state index contributed by atoms with van der Waals surface area (Å²) in [6.07, 6.45) is 5.44. The van der Waals surface area contributed by atoms with Crippen LogP contribution in [0.4, 0.5) is 5.82 Å². The fourth-order valence-corrected chi connectivity index (χ4v) is 3.13. The SMILES string of the molecule is COC(=O)c1cn([C@@H]2CCCN(c3cnc4ccccc4n3)C2)nn1. The molecule has 1 aliphatic heterocycles. The first kappa shape index (κ1) is 15.5. The Balaban J connectivity index is 1.55. The average Bonchev–Trinajstić information content (AvgIpc) is 3.17. The van der Waals surface area contributed by atoms with Gasteiger partial charge in [-0.25, -0.2) is 14.5 Å². The van der Waals surface area contributed by atoms with Crippen LogP contribution in [0.3, 0.4) is 0 Å². The number of hydrogen-bond acceptors (Lipinski definition) is 7. The fraction of sp³-hybridized carbons (Fsp3) is 0.353. The number of esters is 1. The van der Waals surface area contributed by atoms with Gasteiger partial charge in [-0.05, 0) is 25.0 Å². The number of benzene rings is 1. The summed E-state index contributed by atoms with van der Waals surface area (Å²) in [7, 11) is 1.34. The number of carbonyl (C=O) groups excluding carboxylic acids is 1. The molecule has 0 radical (unpaired) electrons. The van der Waals surface area contributed by atoms with Crippen molar-refractivity contribution in [2.24, 2.45) is 0 Å². The van der Waals surface area contributed by atoms with E-state index >= 15 is 0 Å². The van der Waals surface area contributed by atoms with Gasteiger partial charge in [0.05, 0.1) is 36.6 Å². The molecule has 4 rings (SSSR count). The molecule has 3 aromatic rings. The number of methoxy groups -OCH3 is 1. The Labute approximate surface area is 144 Å². The molecule has 25 heavy (non-hydrogen) atoms. The van der Waals surface area contributed by atoms with Crippen LogP contribution in [0.5, 0.6) is 0 Å². The fourth-order valence-electron chi connectivity index (χ4n) is 3.13. The minimum absolute atomic E-state index is 0.132. The Bertz CT molecular complexity index is 909. The number of aromatic nitrogens is 5. The van der Waals surface area contributed by atoms with E-state index in [9.17, 15) is 4.79 Å². The topological polar surface area (TPSA) is 86.0 Å². The van der Waals surface area contributed by atoms with Crippen molar-refractivity contribution in [3.8, 4) is 0 Å². The smallest absolute Gasteiger partial charge is 0.360 e. The molecule has 0 N–H and O–H groups in total. The average molecular weight is 338 g/mol. The summed E-state index contributed by atoms with van der Waals surface area (Å²) >= 11 is 0. The first-order valence-corrected chi connectivity index (χ1v) is 8.21. The van der Waals surface area contributed by atoms with Crippen molar-refractivity contribution in [3.63, 3.8) is 0 Å². The second-order valence-electron chi connectivity index (χ2n) is 6.03. The molecule has 0 spiro atoms. The number of anilines is 1. The molecule has 1 atom stereocenters. The van der Waals surface area contributed by atoms with Crippen LogP contribution in [-0.4, -0.2) is 51.1 Å². The van der Waals surface area contributed by atoms with E-state index in [0.29, 0.717) is 0 Å². The molecule has 0 amide bonds. The van der Waals surface area contributed by atoms with Gasteiger partial charge in [-0.15, -0.1) is 5.10 Å². The van der Waals surface area contributed by atoms with Crippen molar-refractivity contribution in [1.82, 2.24) is 25.0 Å². The maximum absolute atomic E-state index is 11.6. The van der Waals surface area contributed by atoms with Crippen molar-refractivity contribution < 1.29 is 9.53 Å². The van der Waals surface area contributed by atoms with E-state index in [1.54, 1.807) is 10.9 Å². The van der Waals surface area contributed by atoms with Crippen molar-refractivity contribution >= 4 is 22.8 Å². The maximum atomic E-state index is 11.6. The van der Waals surface area contributed by atoms with Crippen LogP contribution in [-0.2, 0) is 4.74 Å². The lowest BCUT2D eigenvalue weighted by molar-refractivity contribution is 0.0594. The van der Waals surface area contributed by atoms with Gasteiger partial charge in [-0.1, -0.05) is 17.3 Å². The molecule has 0 unspecified atom stereocenters. The largest absolute Gasteiger partial charge is 0.464 e. The molecule has 2 aromatic heterocycles. The molecule has 8 heteroatoms. The number of piperidine rings is 1. The lowest BCUT2D eigenvalue weighted by atomic mass is 10.1. The lowest BCUT2D eigenvalue weighted by Crippen LogP contribution is -2.37. The second kappa shape index (κ2) is 6.46. The van der Waals surface area contributed by atoms with Gasteiger partial charge in [-0.2, -0.15) is 0 Å². The molecular formula is C17H18N6O2. The number of fused-ring (bicyclic) bond motifs is 1. The summed E-state index contributed by atoms with van der Waals surface area (Å²) in [5.41, 5.74) is 2.00. The third-order valence-corrected chi connectivity index (χ3v) is 4.44. The number of nitrogens with zero attached hydrogens (tertiary/aromatic N) is 6. The quantitative estimate of drug-likeness (QED) is 0.674. The first-order valence-electron chi connectivity index (χ1n) is 8.21. The van der Waals surface area contributed by atoms with Crippen LogP contribution in [0.15, 0.2) is 36.7 Å². The van der Waals surface area contributed by atoms with Gasteiger partial charge in [0.15, 0.2) is 5.69 Å². The number of carbonyl (C=O) groups is 1. The standard InChI is InChI=1S/C17H18N6O2/c1-25-17(24)15-11-23(21-20-15)12-5-4-8-22(10-12)16-9-18-13-6-2-3-7-14(13)19-16/h2-3,6-7,9,11-12H,4-5,8,10H2,1H3/t12-/m1/s1. The van der Waals surface area contributed by atoms with Gasteiger partial charge in [0, 0.05) is 13.1 Å². The Morgan fingerprint density at radius 1 is 1.28 bits per heavy atom. The van der Waals surface area contributed by atoms with Crippen LogP contribution in [0.25, 0.3) is 11.0 Å². The molecule has 0 bridgehead atoms. The molecule has 1 aliphatic rings. The number of ether oxygens (including phenoxy) is 1.